The first-order valence-electron chi connectivity index (χ1n) is 6.80. The van der Waals surface area contributed by atoms with Gasteiger partial charge in [0.1, 0.15) is 0 Å². The second kappa shape index (κ2) is 5.48. The molecule has 1 aliphatic rings. The summed E-state index contributed by atoms with van der Waals surface area (Å²) in [5.41, 5.74) is 2.81. The predicted octanol–water partition coefficient (Wildman–Crippen LogP) is 4.66. The highest BCUT2D eigenvalue weighted by molar-refractivity contribution is 9.10. The van der Waals surface area contributed by atoms with E-state index in [2.05, 4.69) is 82.8 Å². The Hall–Kier alpha value is -1.12. The maximum atomic E-state index is 3.72. The van der Waals surface area contributed by atoms with Crippen LogP contribution in [0.25, 0.3) is 0 Å². The van der Waals surface area contributed by atoms with Gasteiger partial charge in [-0.2, -0.15) is 0 Å². The molecule has 2 aromatic rings. The van der Waals surface area contributed by atoms with E-state index in [4.69, 9.17) is 0 Å². The Morgan fingerprint density at radius 3 is 2.42 bits per heavy atom. The summed E-state index contributed by atoms with van der Waals surface area (Å²) < 4.78 is 1.15. The van der Waals surface area contributed by atoms with Crippen molar-refractivity contribution >= 4 is 15.9 Å². The van der Waals surface area contributed by atoms with E-state index in [1.54, 1.807) is 0 Å². The van der Waals surface area contributed by atoms with E-state index >= 15 is 0 Å². The van der Waals surface area contributed by atoms with Crippen molar-refractivity contribution in [3.05, 3.63) is 70.2 Å². The van der Waals surface area contributed by atoms with Crippen LogP contribution in [-0.4, -0.2) is 6.04 Å². The molecule has 0 spiro atoms. The van der Waals surface area contributed by atoms with Crippen molar-refractivity contribution in [3.63, 3.8) is 0 Å². The molecule has 0 aliphatic heterocycles. The quantitative estimate of drug-likeness (QED) is 0.865. The van der Waals surface area contributed by atoms with E-state index in [0.717, 1.165) is 4.47 Å². The molecular formula is C17H18BrN. The Morgan fingerprint density at radius 2 is 1.74 bits per heavy atom. The molecule has 0 aromatic heterocycles. The van der Waals surface area contributed by atoms with Crippen LogP contribution in [0.4, 0.5) is 0 Å². The number of nitrogens with one attached hydrogen (secondary N) is 1. The minimum absolute atomic E-state index is 0.423. The molecule has 0 saturated heterocycles. The molecule has 2 aromatic carbocycles. The van der Waals surface area contributed by atoms with Crippen molar-refractivity contribution in [3.8, 4) is 0 Å². The van der Waals surface area contributed by atoms with E-state index in [-0.39, 0.29) is 0 Å². The van der Waals surface area contributed by atoms with Gasteiger partial charge in [0.05, 0.1) is 0 Å². The summed E-state index contributed by atoms with van der Waals surface area (Å²) in [5, 5.41) is 3.72. The SMILES string of the molecule is CC(N[C@@H]1C[C@H]1c1ccc(Br)cc1)c1ccccc1. The summed E-state index contributed by atoms with van der Waals surface area (Å²) in [7, 11) is 0. The molecule has 0 radical (unpaired) electrons. The average molecular weight is 316 g/mol. The van der Waals surface area contributed by atoms with Gasteiger partial charge in [-0.1, -0.05) is 58.4 Å². The van der Waals surface area contributed by atoms with Crippen molar-refractivity contribution in [2.45, 2.75) is 31.3 Å². The van der Waals surface area contributed by atoms with Gasteiger partial charge in [-0.15, -0.1) is 0 Å². The van der Waals surface area contributed by atoms with Gasteiger partial charge >= 0.3 is 0 Å². The van der Waals surface area contributed by atoms with Crippen LogP contribution in [0.5, 0.6) is 0 Å². The molecule has 1 aliphatic carbocycles. The molecule has 1 N–H and O–H groups in total. The maximum Gasteiger partial charge on any atom is 0.0294 e. The van der Waals surface area contributed by atoms with Gasteiger partial charge in [0, 0.05) is 22.5 Å². The van der Waals surface area contributed by atoms with Crippen molar-refractivity contribution < 1.29 is 0 Å². The molecule has 19 heavy (non-hydrogen) atoms. The van der Waals surface area contributed by atoms with Crippen LogP contribution < -0.4 is 5.32 Å². The smallest absolute Gasteiger partial charge is 0.0294 e. The van der Waals surface area contributed by atoms with Crippen molar-refractivity contribution in [1.29, 1.82) is 0 Å². The molecule has 0 bridgehead atoms. The third-order valence-electron chi connectivity index (χ3n) is 3.85. The number of hydrogen-bond donors (Lipinski definition) is 1. The molecule has 1 saturated carbocycles. The van der Waals surface area contributed by atoms with Crippen LogP contribution in [-0.2, 0) is 0 Å². The Balaban J connectivity index is 1.60. The molecule has 0 heterocycles. The summed E-state index contributed by atoms with van der Waals surface area (Å²) in [5.74, 6) is 0.680. The molecule has 1 nitrogen and oxygen atoms in total. The molecule has 1 fully saturated rings. The summed E-state index contributed by atoms with van der Waals surface area (Å²) in [6.07, 6.45) is 1.25. The lowest BCUT2D eigenvalue weighted by atomic mass is 10.1. The van der Waals surface area contributed by atoms with Gasteiger partial charge < -0.3 is 5.32 Å². The van der Waals surface area contributed by atoms with Crippen molar-refractivity contribution in [2.24, 2.45) is 0 Å². The van der Waals surface area contributed by atoms with Crippen LogP contribution in [0.1, 0.15) is 36.4 Å². The van der Waals surface area contributed by atoms with Crippen molar-refractivity contribution in [1.82, 2.24) is 5.32 Å². The number of rotatable bonds is 4. The first-order valence-corrected chi connectivity index (χ1v) is 7.60. The third kappa shape index (κ3) is 3.07. The van der Waals surface area contributed by atoms with Crippen LogP contribution in [0.2, 0.25) is 0 Å². The van der Waals surface area contributed by atoms with E-state index in [9.17, 15) is 0 Å². The largest absolute Gasteiger partial charge is 0.307 e. The second-order valence-electron chi connectivity index (χ2n) is 5.30. The Bertz CT molecular complexity index is 535. The monoisotopic (exact) mass is 315 g/mol. The zero-order valence-corrected chi connectivity index (χ0v) is 12.6. The minimum atomic E-state index is 0.423. The fourth-order valence-corrected chi connectivity index (χ4v) is 2.88. The standard InChI is InChI=1S/C17H18BrN/c1-12(13-5-3-2-4-6-13)19-17-11-16(17)14-7-9-15(18)10-8-14/h2-10,12,16-17,19H,11H2,1H3/t12?,16-,17+/m0/s1. The lowest BCUT2D eigenvalue weighted by Crippen LogP contribution is -2.22. The highest BCUT2D eigenvalue weighted by Crippen LogP contribution is 2.42. The fourth-order valence-electron chi connectivity index (χ4n) is 2.62. The molecule has 1 unspecified atom stereocenters. The van der Waals surface area contributed by atoms with Gasteiger partial charge in [0.25, 0.3) is 0 Å². The maximum absolute atomic E-state index is 3.72. The average Bonchev–Trinajstić information content (AvgIpc) is 3.20. The molecule has 0 amide bonds. The molecular weight excluding hydrogens is 298 g/mol. The topological polar surface area (TPSA) is 12.0 Å². The minimum Gasteiger partial charge on any atom is -0.307 e. The van der Waals surface area contributed by atoms with E-state index in [0.29, 0.717) is 18.0 Å². The zero-order chi connectivity index (χ0) is 13.2. The summed E-state index contributed by atoms with van der Waals surface area (Å²) >= 11 is 3.49. The normalized spacial score (nSPS) is 23.1. The Morgan fingerprint density at radius 1 is 1.05 bits per heavy atom. The lowest BCUT2D eigenvalue weighted by Gasteiger charge is -2.14. The number of hydrogen-bond acceptors (Lipinski definition) is 1. The Kier molecular flexibility index (Phi) is 3.72. The highest BCUT2D eigenvalue weighted by Gasteiger charge is 2.38. The van der Waals surface area contributed by atoms with Gasteiger partial charge in [0.15, 0.2) is 0 Å². The summed E-state index contributed by atoms with van der Waals surface area (Å²) in [6, 6.07) is 20.4. The summed E-state index contributed by atoms with van der Waals surface area (Å²) in [6.45, 7) is 2.24. The summed E-state index contributed by atoms with van der Waals surface area (Å²) in [4.78, 5) is 0. The van der Waals surface area contributed by atoms with Gasteiger partial charge in [-0.05, 0) is 36.6 Å². The number of benzene rings is 2. The van der Waals surface area contributed by atoms with Crippen LogP contribution >= 0.6 is 15.9 Å². The number of halogens is 1. The van der Waals surface area contributed by atoms with Crippen LogP contribution in [0, 0.1) is 0 Å². The van der Waals surface area contributed by atoms with E-state index in [1.165, 1.54) is 17.5 Å². The van der Waals surface area contributed by atoms with Crippen molar-refractivity contribution in [2.75, 3.05) is 0 Å². The molecule has 98 valence electrons. The van der Waals surface area contributed by atoms with Gasteiger partial charge in [0.2, 0.25) is 0 Å². The molecule has 3 atom stereocenters. The molecule has 3 rings (SSSR count). The van der Waals surface area contributed by atoms with Gasteiger partial charge in [-0.25, -0.2) is 0 Å². The first-order chi connectivity index (χ1) is 9.24. The van der Waals surface area contributed by atoms with E-state index < -0.39 is 0 Å². The molecule has 2 heteroatoms. The zero-order valence-electron chi connectivity index (χ0n) is 11.0. The first kappa shape index (κ1) is 12.9. The van der Waals surface area contributed by atoms with Crippen LogP contribution in [0.15, 0.2) is 59.1 Å². The predicted molar refractivity (Wildman–Crippen MR) is 83.3 cm³/mol. The highest BCUT2D eigenvalue weighted by atomic mass is 79.9. The lowest BCUT2D eigenvalue weighted by molar-refractivity contribution is 0.563. The van der Waals surface area contributed by atoms with Crippen LogP contribution in [0.3, 0.4) is 0 Å². The Labute approximate surface area is 123 Å². The van der Waals surface area contributed by atoms with Gasteiger partial charge in [-0.3, -0.25) is 0 Å². The third-order valence-corrected chi connectivity index (χ3v) is 4.38. The fraction of sp³-hybridized carbons (Fsp3) is 0.294. The van der Waals surface area contributed by atoms with E-state index in [1.807, 2.05) is 0 Å². The second-order valence-corrected chi connectivity index (χ2v) is 6.21.